The van der Waals surface area contributed by atoms with Gasteiger partial charge in [-0.15, -0.1) is 10.2 Å². The Balaban J connectivity index is 1.65. The highest BCUT2D eigenvalue weighted by molar-refractivity contribution is 7.99. The Bertz CT molecular complexity index is 1290. The molecule has 0 saturated carbocycles. The molecule has 0 aliphatic rings. The van der Waals surface area contributed by atoms with Gasteiger partial charge in [0.15, 0.2) is 11.0 Å². The number of nitrogens with one attached hydrogen (secondary N) is 1. The molecule has 3 aromatic carbocycles. The fraction of sp³-hybridized carbons (Fsp3) is 0.192. The third-order valence-corrected chi connectivity index (χ3v) is 6.75. The van der Waals surface area contributed by atoms with Gasteiger partial charge in [-0.3, -0.25) is 9.36 Å². The van der Waals surface area contributed by atoms with Gasteiger partial charge in [-0.05, 0) is 41.3 Å². The minimum absolute atomic E-state index is 0.0772. The van der Waals surface area contributed by atoms with Crippen LogP contribution in [-0.2, 0) is 11.3 Å². The van der Waals surface area contributed by atoms with Crippen LogP contribution in [0, 0.1) is 0 Å². The lowest BCUT2D eigenvalue weighted by Gasteiger charge is -2.17. The topological polar surface area (TPSA) is 59.8 Å². The first kappa shape index (κ1) is 24.3. The number of halogens is 2. The lowest BCUT2D eigenvalue weighted by atomic mass is 10.0. The van der Waals surface area contributed by atoms with Crippen LogP contribution in [0.2, 0.25) is 10.0 Å². The lowest BCUT2D eigenvalue weighted by Crippen LogP contribution is -2.24. The molecule has 1 N–H and O–H groups in total. The molecule has 0 bridgehead atoms. The lowest BCUT2D eigenvalue weighted by molar-refractivity contribution is -0.118. The molecule has 4 aromatic rings. The summed E-state index contributed by atoms with van der Waals surface area (Å²) in [4.78, 5) is 12.6. The van der Waals surface area contributed by atoms with Crippen molar-refractivity contribution >= 4 is 40.9 Å². The molecule has 34 heavy (non-hydrogen) atoms. The molecule has 1 aromatic heterocycles. The second-order valence-electron chi connectivity index (χ2n) is 8.03. The summed E-state index contributed by atoms with van der Waals surface area (Å²) in [6.07, 6.45) is 0. The Labute approximate surface area is 213 Å². The smallest absolute Gasteiger partial charge is 0.230 e. The summed E-state index contributed by atoms with van der Waals surface area (Å²) in [7, 11) is 0. The summed E-state index contributed by atoms with van der Waals surface area (Å²) >= 11 is 14.0. The molecule has 0 aliphatic heterocycles. The molecule has 1 amide bonds. The fourth-order valence-electron chi connectivity index (χ4n) is 3.58. The van der Waals surface area contributed by atoms with Crippen LogP contribution in [0.1, 0.15) is 30.9 Å². The van der Waals surface area contributed by atoms with Crippen LogP contribution in [0.5, 0.6) is 0 Å². The van der Waals surface area contributed by atoms with E-state index in [-0.39, 0.29) is 17.6 Å². The van der Waals surface area contributed by atoms with Crippen LogP contribution in [0.25, 0.3) is 17.1 Å². The van der Waals surface area contributed by atoms with E-state index in [2.05, 4.69) is 35.4 Å². The van der Waals surface area contributed by atoms with E-state index in [4.69, 9.17) is 23.2 Å². The first-order valence-electron chi connectivity index (χ1n) is 10.9. The van der Waals surface area contributed by atoms with Crippen LogP contribution in [0.3, 0.4) is 0 Å². The van der Waals surface area contributed by atoms with E-state index in [1.165, 1.54) is 11.8 Å². The van der Waals surface area contributed by atoms with Crippen molar-refractivity contribution < 1.29 is 4.79 Å². The number of hydrogen-bond donors (Lipinski definition) is 1. The van der Waals surface area contributed by atoms with E-state index in [0.29, 0.717) is 27.6 Å². The predicted molar refractivity (Wildman–Crippen MR) is 140 cm³/mol. The molecule has 0 aliphatic carbocycles. The van der Waals surface area contributed by atoms with Crippen LogP contribution in [0.15, 0.2) is 78.0 Å². The first-order valence-corrected chi connectivity index (χ1v) is 12.6. The number of para-hydroxylation sites is 1. The van der Waals surface area contributed by atoms with Crippen LogP contribution in [-0.4, -0.2) is 26.4 Å². The quantitative estimate of drug-likeness (QED) is 0.265. The van der Waals surface area contributed by atoms with Crippen molar-refractivity contribution in [3.05, 3.63) is 94.0 Å². The van der Waals surface area contributed by atoms with E-state index >= 15 is 0 Å². The zero-order valence-electron chi connectivity index (χ0n) is 18.8. The molecule has 0 fully saturated rings. The molecule has 4 rings (SSSR count). The van der Waals surface area contributed by atoms with Gasteiger partial charge >= 0.3 is 0 Å². The molecule has 174 valence electrons. The van der Waals surface area contributed by atoms with E-state index in [0.717, 1.165) is 22.4 Å². The van der Waals surface area contributed by atoms with Crippen molar-refractivity contribution in [1.82, 2.24) is 20.1 Å². The van der Waals surface area contributed by atoms with E-state index in [1.54, 1.807) is 12.1 Å². The third-order valence-electron chi connectivity index (χ3n) is 5.27. The Kier molecular flexibility index (Phi) is 7.93. The number of carbonyl (C=O) groups excluding carboxylic acids is 1. The van der Waals surface area contributed by atoms with Crippen LogP contribution < -0.4 is 5.32 Å². The number of amides is 1. The summed E-state index contributed by atoms with van der Waals surface area (Å²) in [5.41, 5.74) is 3.87. The minimum atomic E-state index is -0.0772. The molecule has 8 heteroatoms. The number of hydrogen-bond acceptors (Lipinski definition) is 4. The second kappa shape index (κ2) is 11.1. The highest BCUT2D eigenvalue weighted by atomic mass is 35.5. The SMILES string of the molecule is CC(C)c1ccccc1-n1c(SCC(=O)NCc2ccccc2)nnc1-c1ccc(Cl)cc1Cl. The van der Waals surface area contributed by atoms with Gasteiger partial charge in [0.1, 0.15) is 0 Å². The monoisotopic (exact) mass is 510 g/mol. The van der Waals surface area contributed by atoms with Gasteiger partial charge < -0.3 is 5.32 Å². The zero-order chi connectivity index (χ0) is 24.1. The zero-order valence-corrected chi connectivity index (χ0v) is 21.2. The molecular weight excluding hydrogens is 487 g/mol. The minimum Gasteiger partial charge on any atom is -0.351 e. The average Bonchev–Trinajstić information content (AvgIpc) is 3.25. The number of benzene rings is 3. The summed E-state index contributed by atoms with van der Waals surface area (Å²) in [5.74, 6) is 1.01. The van der Waals surface area contributed by atoms with Crippen molar-refractivity contribution in [2.45, 2.75) is 31.5 Å². The number of nitrogens with zero attached hydrogens (tertiary/aromatic N) is 3. The molecule has 0 atom stereocenters. The highest BCUT2D eigenvalue weighted by Gasteiger charge is 2.21. The molecule has 5 nitrogen and oxygen atoms in total. The largest absolute Gasteiger partial charge is 0.351 e. The predicted octanol–water partition coefficient (Wildman–Crippen LogP) is 6.77. The number of aromatic nitrogens is 3. The van der Waals surface area contributed by atoms with Gasteiger partial charge in [0.05, 0.1) is 16.5 Å². The summed E-state index contributed by atoms with van der Waals surface area (Å²) in [5, 5.41) is 13.5. The molecule has 0 saturated heterocycles. The van der Waals surface area contributed by atoms with Crippen molar-refractivity contribution in [2.24, 2.45) is 0 Å². The molecule has 0 radical (unpaired) electrons. The van der Waals surface area contributed by atoms with Crippen LogP contribution in [0.4, 0.5) is 0 Å². The highest BCUT2D eigenvalue weighted by Crippen LogP contribution is 2.35. The van der Waals surface area contributed by atoms with E-state index < -0.39 is 0 Å². The van der Waals surface area contributed by atoms with Gasteiger partial charge in [0, 0.05) is 17.1 Å². The van der Waals surface area contributed by atoms with Crippen LogP contribution >= 0.6 is 35.0 Å². The maximum absolute atomic E-state index is 12.6. The number of carbonyl (C=O) groups is 1. The number of thioether (sulfide) groups is 1. The van der Waals surface area contributed by atoms with Gasteiger partial charge in [0.2, 0.25) is 5.91 Å². The Morgan fingerprint density at radius 1 is 1.00 bits per heavy atom. The Morgan fingerprint density at radius 2 is 1.74 bits per heavy atom. The second-order valence-corrected chi connectivity index (χ2v) is 9.82. The van der Waals surface area contributed by atoms with Crippen molar-refractivity contribution in [3.8, 4) is 17.1 Å². The normalized spacial score (nSPS) is 11.1. The molecule has 1 heterocycles. The average molecular weight is 511 g/mol. The maximum Gasteiger partial charge on any atom is 0.230 e. The summed E-state index contributed by atoms with van der Waals surface area (Å²) in [6, 6.07) is 23.2. The third kappa shape index (κ3) is 5.63. The molecule has 0 spiro atoms. The van der Waals surface area contributed by atoms with Crippen molar-refractivity contribution in [1.29, 1.82) is 0 Å². The van der Waals surface area contributed by atoms with E-state index in [1.807, 2.05) is 59.2 Å². The Hall–Kier alpha value is -2.80. The fourth-order valence-corrected chi connectivity index (χ4v) is 4.85. The van der Waals surface area contributed by atoms with Gasteiger partial charge in [0.25, 0.3) is 0 Å². The summed E-state index contributed by atoms with van der Waals surface area (Å²) < 4.78 is 1.97. The Morgan fingerprint density at radius 3 is 2.47 bits per heavy atom. The maximum atomic E-state index is 12.6. The van der Waals surface area contributed by atoms with Gasteiger partial charge in [-0.1, -0.05) is 97.3 Å². The standard InChI is InChI=1S/C26H24Cl2N4OS/c1-17(2)20-10-6-7-11-23(20)32-25(21-13-12-19(27)14-22(21)28)30-31-26(32)34-16-24(33)29-15-18-8-4-3-5-9-18/h3-14,17H,15-16H2,1-2H3,(H,29,33). The van der Waals surface area contributed by atoms with Crippen molar-refractivity contribution in [3.63, 3.8) is 0 Å². The van der Waals surface area contributed by atoms with Gasteiger partial charge in [-0.2, -0.15) is 0 Å². The van der Waals surface area contributed by atoms with Crippen molar-refractivity contribution in [2.75, 3.05) is 5.75 Å². The van der Waals surface area contributed by atoms with E-state index in [9.17, 15) is 4.79 Å². The molecular formula is C26H24Cl2N4OS. The first-order chi connectivity index (χ1) is 16.4. The van der Waals surface area contributed by atoms with Gasteiger partial charge in [-0.25, -0.2) is 0 Å². The number of rotatable bonds is 8. The molecule has 0 unspecified atom stereocenters. The summed E-state index contributed by atoms with van der Waals surface area (Å²) in [6.45, 7) is 4.76.